The molecule has 1 aromatic carbocycles. The molecule has 0 atom stereocenters. The molecule has 0 aliphatic rings. The van der Waals surface area contributed by atoms with Gasteiger partial charge in [-0.1, -0.05) is 41.1 Å². The van der Waals surface area contributed by atoms with E-state index in [1.54, 1.807) is 13.4 Å². The molecule has 0 amide bonds. The molecule has 1 heterocycles. The average Bonchev–Trinajstić information content (AvgIpc) is 3.10. The highest BCUT2D eigenvalue weighted by Gasteiger charge is 2.09. The first-order valence-corrected chi connectivity index (χ1v) is 9.53. The number of halogens is 1. The monoisotopic (exact) mass is 422 g/mol. The molecule has 0 saturated carbocycles. The minimum Gasteiger partial charge on any atom is -0.383 e. The van der Waals surface area contributed by atoms with Gasteiger partial charge in [0.2, 0.25) is 0 Å². The van der Waals surface area contributed by atoms with Crippen molar-refractivity contribution in [1.29, 1.82) is 0 Å². The second kappa shape index (κ2) is 10.9. The Morgan fingerprint density at radius 3 is 2.92 bits per heavy atom. The predicted octanol–water partition coefficient (Wildman–Crippen LogP) is 2.33. The third-order valence-corrected chi connectivity index (χ3v) is 4.71. The summed E-state index contributed by atoms with van der Waals surface area (Å²) in [5.41, 5.74) is 1.21. The Morgan fingerprint density at radius 2 is 2.19 bits per heavy atom. The highest BCUT2D eigenvalue weighted by Crippen LogP contribution is 2.17. The molecule has 2 rings (SSSR count). The van der Waals surface area contributed by atoms with Crippen molar-refractivity contribution >= 4 is 21.9 Å². The Labute approximate surface area is 163 Å². The van der Waals surface area contributed by atoms with Gasteiger partial charge in [0.1, 0.15) is 12.2 Å². The maximum atomic E-state index is 5.12. The molecule has 142 valence electrons. The summed E-state index contributed by atoms with van der Waals surface area (Å²) in [5, 5.41) is 11.5. The van der Waals surface area contributed by atoms with Crippen molar-refractivity contribution in [3.63, 3.8) is 0 Å². The van der Waals surface area contributed by atoms with Crippen LogP contribution in [0.2, 0.25) is 0 Å². The van der Waals surface area contributed by atoms with Crippen LogP contribution in [0.5, 0.6) is 0 Å². The number of hydrogen-bond acceptors (Lipinski definition) is 4. The van der Waals surface area contributed by atoms with Gasteiger partial charge in [-0.2, -0.15) is 0 Å². The van der Waals surface area contributed by atoms with Gasteiger partial charge < -0.3 is 19.5 Å². The summed E-state index contributed by atoms with van der Waals surface area (Å²) in [6.45, 7) is 5.59. The van der Waals surface area contributed by atoms with Crippen molar-refractivity contribution in [2.45, 2.75) is 26.4 Å². The first-order valence-electron chi connectivity index (χ1n) is 8.74. The molecule has 7 nitrogen and oxygen atoms in total. The number of aliphatic imine (C=N–C) groups is 1. The van der Waals surface area contributed by atoms with Crippen molar-refractivity contribution in [2.75, 3.05) is 33.9 Å². The Kier molecular flexibility index (Phi) is 8.57. The molecule has 0 spiro atoms. The molecule has 0 unspecified atom stereocenters. The van der Waals surface area contributed by atoms with Crippen LogP contribution in [0, 0.1) is 0 Å². The van der Waals surface area contributed by atoms with Crippen LogP contribution in [0.25, 0.3) is 0 Å². The SMILES string of the molecule is CCc1nncn1CCNC(=NCCOC)N(C)Cc1ccccc1Br. The van der Waals surface area contributed by atoms with Crippen molar-refractivity contribution in [2.24, 2.45) is 4.99 Å². The second-order valence-electron chi connectivity index (χ2n) is 5.87. The van der Waals surface area contributed by atoms with Gasteiger partial charge in [0.25, 0.3) is 0 Å². The van der Waals surface area contributed by atoms with Gasteiger partial charge in [0, 0.05) is 44.7 Å². The summed E-state index contributed by atoms with van der Waals surface area (Å²) in [5.74, 6) is 1.84. The Bertz CT molecular complexity index is 702. The van der Waals surface area contributed by atoms with Crippen LogP contribution in [-0.4, -0.2) is 59.5 Å². The first-order chi connectivity index (χ1) is 12.7. The van der Waals surface area contributed by atoms with Gasteiger partial charge in [-0.05, 0) is 11.6 Å². The number of nitrogens with one attached hydrogen (secondary N) is 1. The zero-order valence-corrected chi connectivity index (χ0v) is 17.2. The van der Waals surface area contributed by atoms with E-state index in [2.05, 4.69) is 65.0 Å². The number of aromatic nitrogens is 3. The minimum absolute atomic E-state index is 0.597. The Morgan fingerprint density at radius 1 is 1.38 bits per heavy atom. The molecule has 8 heteroatoms. The minimum atomic E-state index is 0.597. The third-order valence-electron chi connectivity index (χ3n) is 3.93. The predicted molar refractivity (Wildman–Crippen MR) is 107 cm³/mol. The van der Waals surface area contributed by atoms with Crippen LogP contribution in [0.1, 0.15) is 18.3 Å². The van der Waals surface area contributed by atoms with Gasteiger partial charge in [-0.3, -0.25) is 4.99 Å². The number of guanidine groups is 1. The summed E-state index contributed by atoms with van der Waals surface area (Å²) < 4.78 is 8.28. The van der Waals surface area contributed by atoms with Crippen molar-refractivity contribution in [1.82, 2.24) is 25.0 Å². The smallest absolute Gasteiger partial charge is 0.194 e. The number of nitrogens with zero attached hydrogens (tertiary/aromatic N) is 5. The fourth-order valence-corrected chi connectivity index (χ4v) is 2.95. The lowest BCUT2D eigenvalue weighted by Crippen LogP contribution is -2.40. The van der Waals surface area contributed by atoms with Gasteiger partial charge in [0.15, 0.2) is 5.96 Å². The van der Waals surface area contributed by atoms with Crippen molar-refractivity contribution in [3.8, 4) is 0 Å². The molecule has 0 radical (unpaired) electrons. The topological polar surface area (TPSA) is 67.6 Å². The van der Waals surface area contributed by atoms with E-state index in [0.717, 1.165) is 42.3 Å². The third kappa shape index (κ3) is 6.10. The Hall–Kier alpha value is -1.93. The number of hydrogen-bond donors (Lipinski definition) is 1. The number of ether oxygens (including phenoxy) is 1. The lowest BCUT2D eigenvalue weighted by atomic mass is 10.2. The first kappa shape index (κ1) is 20.4. The molecule has 1 aromatic heterocycles. The number of benzene rings is 1. The molecule has 26 heavy (non-hydrogen) atoms. The maximum Gasteiger partial charge on any atom is 0.194 e. The van der Waals surface area contributed by atoms with Gasteiger partial charge in [0.05, 0.1) is 13.2 Å². The zero-order valence-electron chi connectivity index (χ0n) is 15.7. The van der Waals surface area contributed by atoms with E-state index in [9.17, 15) is 0 Å². The maximum absolute atomic E-state index is 5.12. The van der Waals surface area contributed by atoms with E-state index in [1.165, 1.54) is 5.56 Å². The van der Waals surface area contributed by atoms with E-state index in [0.29, 0.717) is 13.2 Å². The van der Waals surface area contributed by atoms with Crippen LogP contribution in [0.15, 0.2) is 40.1 Å². The summed E-state index contributed by atoms with van der Waals surface area (Å²) in [6.07, 6.45) is 2.64. The normalized spacial score (nSPS) is 11.6. The van der Waals surface area contributed by atoms with Crippen molar-refractivity contribution in [3.05, 3.63) is 46.5 Å². The van der Waals surface area contributed by atoms with Crippen LogP contribution < -0.4 is 5.32 Å². The van der Waals surface area contributed by atoms with E-state index < -0.39 is 0 Å². The van der Waals surface area contributed by atoms with Crippen LogP contribution >= 0.6 is 15.9 Å². The fraction of sp³-hybridized carbons (Fsp3) is 0.500. The van der Waals surface area contributed by atoms with Crippen LogP contribution in [-0.2, 0) is 24.2 Å². The van der Waals surface area contributed by atoms with E-state index in [4.69, 9.17) is 4.74 Å². The number of methoxy groups -OCH3 is 1. The molecule has 0 aliphatic carbocycles. The van der Waals surface area contributed by atoms with E-state index in [1.807, 2.05) is 19.2 Å². The second-order valence-corrected chi connectivity index (χ2v) is 6.72. The molecule has 0 aliphatic heterocycles. The van der Waals surface area contributed by atoms with Gasteiger partial charge >= 0.3 is 0 Å². The molecule has 0 saturated heterocycles. The van der Waals surface area contributed by atoms with Gasteiger partial charge in [-0.25, -0.2) is 0 Å². The highest BCUT2D eigenvalue weighted by atomic mass is 79.9. The number of rotatable bonds is 9. The van der Waals surface area contributed by atoms with Crippen LogP contribution in [0.3, 0.4) is 0 Å². The lowest BCUT2D eigenvalue weighted by molar-refractivity contribution is 0.207. The summed E-state index contributed by atoms with van der Waals surface area (Å²) in [7, 11) is 3.72. The largest absolute Gasteiger partial charge is 0.383 e. The number of aryl methyl sites for hydroxylation is 1. The molecular weight excluding hydrogens is 396 g/mol. The van der Waals surface area contributed by atoms with E-state index in [-0.39, 0.29) is 0 Å². The average molecular weight is 423 g/mol. The lowest BCUT2D eigenvalue weighted by Gasteiger charge is -2.23. The van der Waals surface area contributed by atoms with E-state index >= 15 is 0 Å². The molecule has 2 aromatic rings. The zero-order chi connectivity index (χ0) is 18.8. The standard InChI is InChI=1S/C18H27BrN6O/c1-4-17-23-22-14-25(17)11-9-20-18(21-10-12-26-3)24(2)13-15-7-5-6-8-16(15)19/h5-8,14H,4,9-13H2,1-3H3,(H,20,21). The Balaban J connectivity index is 1.98. The molecule has 1 N–H and O–H groups in total. The summed E-state index contributed by atoms with van der Waals surface area (Å²) >= 11 is 3.61. The fourth-order valence-electron chi connectivity index (χ4n) is 2.54. The highest BCUT2D eigenvalue weighted by molar-refractivity contribution is 9.10. The summed E-state index contributed by atoms with van der Waals surface area (Å²) in [6, 6.07) is 8.22. The summed E-state index contributed by atoms with van der Waals surface area (Å²) in [4.78, 5) is 6.77. The van der Waals surface area contributed by atoms with Crippen LogP contribution in [0.4, 0.5) is 0 Å². The molecule has 0 bridgehead atoms. The van der Waals surface area contributed by atoms with Gasteiger partial charge in [-0.15, -0.1) is 10.2 Å². The molecule has 0 fully saturated rings. The van der Waals surface area contributed by atoms with Crippen molar-refractivity contribution < 1.29 is 4.74 Å². The quantitative estimate of drug-likeness (QED) is 0.381. The molecular formula is C18H27BrN6O.